The predicted octanol–water partition coefficient (Wildman–Crippen LogP) is 3.64. The highest BCUT2D eigenvalue weighted by Crippen LogP contribution is 2.25. The van der Waals surface area contributed by atoms with Crippen molar-refractivity contribution in [3.63, 3.8) is 0 Å². The van der Waals surface area contributed by atoms with Gasteiger partial charge < -0.3 is 0 Å². The van der Waals surface area contributed by atoms with Crippen LogP contribution in [0.2, 0.25) is 0 Å². The average molecular weight is 315 g/mol. The molecule has 1 aromatic carbocycles. The smallest absolute Gasteiger partial charge is 0.186 e. The van der Waals surface area contributed by atoms with Gasteiger partial charge in [-0.25, -0.2) is 0 Å². The van der Waals surface area contributed by atoms with Crippen LogP contribution in [-0.2, 0) is 0 Å². The Kier molecular flexibility index (Phi) is 4.08. The van der Waals surface area contributed by atoms with Crippen LogP contribution in [-0.4, -0.2) is 10.8 Å². The number of aromatic nitrogens is 1. The summed E-state index contributed by atoms with van der Waals surface area (Å²) in [5.74, 6) is -1.09. The number of rotatable bonds is 3. The Bertz CT molecular complexity index is 647. The first kappa shape index (κ1) is 13.4. The first-order valence-electron chi connectivity index (χ1n) is 5.75. The second-order valence-corrected chi connectivity index (χ2v) is 4.95. The molecule has 19 heavy (non-hydrogen) atoms. The van der Waals surface area contributed by atoms with Crippen LogP contribution in [0.4, 0.5) is 0 Å². The molecule has 0 fully saturated rings. The fraction of sp³-hybridized carbons (Fsp3) is 0.133. The third-order valence-electron chi connectivity index (χ3n) is 2.91. The van der Waals surface area contributed by atoms with E-state index in [9.17, 15) is 10.1 Å². The van der Waals surface area contributed by atoms with Crippen LogP contribution in [0.5, 0.6) is 0 Å². The number of Topliss-reactive ketones (excluding diaryl/α,β-unsaturated/α-hetero) is 1. The van der Waals surface area contributed by atoms with E-state index in [4.69, 9.17) is 0 Å². The van der Waals surface area contributed by atoms with Crippen molar-refractivity contribution in [1.82, 2.24) is 4.98 Å². The van der Waals surface area contributed by atoms with Crippen molar-refractivity contribution in [3.8, 4) is 6.07 Å². The number of benzene rings is 1. The minimum atomic E-state index is -0.866. The topological polar surface area (TPSA) is 53.8 Å². The Morgan fingerprint density at radius 2 is 2.11 bits per heavy atom. The number of carbonyl (C=O) groups excluding carboxylic acids is 1. The number of hydrogen-bond acceptors (Lipinski definition) is 3. The molecule has 0 saturated heterocycles. The van der Waals surface area contributed by atoms with Crippen molar-refractivity contribution < 1.29 is 4.79 Å². The third-order valence-corrected chi connectivity index (χ3v) is 3.77. The van der Waals surface area contributed by atoms with Gasteiger partial charge in [-0.15, -0.1) is 0 Å². The summed E-state index contributed by atoms with van der Waals surface area (Å²) in [4.78, 5) is 16.6. The number of halogens is 1. The quantitative estimate of drug-likeness (QED) is 0.813. The maximum Gasteiger partial charge on any atom is 0.186 e. The summed E-state index contributed by atoms with van der Waals surface area (Å²) in [5, 5.41) is 9.25. The van der Waals surface area contributed by atoms with Gasteiger partial charge >= 0.3 is 0 Å². The lowest BCUT2D eigenvalue weighted by Gasteiger charge is -2.10. The number of hydrogen-bond donors (Lipinski definition) is 0. The number of nitriles is 1. The highest BCUT2D eigenvalue weighted by molar-refractivity contribution is 9.10. The van der Waals surface area contributed by atoms with Gasteiger partial charge in [-0.05, 0) is 30.7 Å². The van der Waals surface area contributed by atoms with Crippen molar-refractivity contribution in [3.05, 3.63) is 63.9 Å². The van der Waals surface area contributed by atoms with Gasteiger partial charge in [0.05, 0.1) is 11.8 Å². The molecule has 0 amide bonds. The highest BCUT2D eigenvalue weighted by Gasteiger charge is 2.24. The summed E-state index contributed by atoms with van der Waals surface area (Å²) in [7, 11) is 0. The Hall–Kier alpha value is -1.99. The second-order valence-electron chi connectivity index (χ2n) is 4.09. The number of nitrogens with zero attached hydrogens (tertiary/aromatic N) is 2. The van der Waals surface area contributed by atoms with E-state index in [-0.39, 0.29) is 5.78 Å². The van der Waals surface area contributed by atoms with Crippen LogP contribution in [0, 0.1) is 18.3 Å². The van der Waals surface area contributed by atoms with Gasteiger partial charge in [-0.1, -0.05) is 34.1 Å². The van der Waals surface area contributed by atoms with Crippen molar-refractivity contribution in [1.29, 1.82) is 5.26 Å². The van der Waals surface area contributed by atoms with E-state index in [0.29, 0.717) is 11.3 Å². The lowest BCUT2D eigenvalue weighted by molar-refractivity contribution is 0.0977. The zero-order chi connectivity index (χ0) is 13.8. The predicted molar refractivity (Wildman–Crippen MR) is 75.8 cm³/mol. The van der Waals surface area contributed by atoms with Crippen LogP contribution in [0.15, 0.2) is 47.1 Å². The van der Waals surface area contributed by atoms with E-state index in [1.54, 1.807) is 36.5 Å². The Labute approximate surface area is 120 Å². The molecule has 94 valence electrons. The molecule has 4 heteroatoms. The first-order chi connectivity index (χ1) is 9.15. The molecule has 0 spiro atoms. The van der Waals surface area contributed by atoms with Gasteiger partial charge in [0.2, 0.25) is 0 Å². The van der Waals surface area contributed by atoms with Crippen molar-refractivity contribution >= 4 is 21.7 Å². The fourth-order valence-electron chi connectivity index (χ4n) is 1.84. The zero-order valence-corrected chi connectivity index (χ0v) is 11.9. The molecule has 0 aliphatic carbocycles. The molecule has 1 heterocycles. The lowest BCUT2D eigenvalue weighted by atomic mass is 9.93. The van der Waals surface area contributed by atoms with Gasteiger partial charge in [-0.3, -0.25) is 9.78 Å². The summed E-state index contributed by atoms with van der Waals surface area (Å²) < 4.78 is 0.857. The van der Waals surface area contributed by atoms with Gasteiger partial charge in [0.25, 0.3) is 0 Å². The van der Waals surface area contributed by atoms with E-state index in [2.05, 4.69) is 20.9 Å². The second kappa shape index (κ2) is 5.77. The van der Waals surface area contributed by atoms with E-state index >= 15 is 0 Å². The van der Waals surface area contributed by atoms with E-state index in [1.165, 1.54) is 0 Å². The van der Waals surface area contributed by atoms with Gasteiger partial charge in [0, 0.05) is 16.2 Å². The normalized spacial score (nSPS) is 11.6. The Morgan fingerprint density at radius 1 is 1.32 bits per heavy atom. The molecule has 2 aromatic rings. The summed E-state index contributed by atoms with van der Waals surface area (Å²) in [5.41, 5.74) is 1.87. The van der Waals surface area contributed by atoms with Gasteiger partial charge in [-0.2, -0.15) is 5.26 Å². The van der Waals surface area contributed by atoms with Crippen LogP contribution in [0.1, 0.15) is 27.5 Å². The van der Waals surface area contributed by atoms with Crippen molar-refractivity contribution in [2.75, 3.05) is 0 Å². The number of pyridine rings is 1. The zero-order valence-electron chi connectivity index (χ0n) is 10.3. The lowest BCUT2D eigenvalue weighted by Crippen LogP contribution is -2.14. The summed E-state index contributed by atoms with van der Waals surface area (Å²) in [6.07, 6.45) is 1.58. The maximum absolute atomic E-state index is 12.5. The summed E-state index contributed by atoms with van der Waals surface area (Å²) in [6.45, 7) is 1.85. The molecular weight excluding hydrogens is 304 g/mol. The minimum absolute atomic E-state index is 0.222. The Morgan fingerprint density at radius 3 is 2.74 bits per heavy atom. The van der Waals surface area contributed by atoms with Crippen LogP contribution in [0.25, 0.3) is 0 Å². The number of carbonyl (C=O) groups is 1. The summed E-state index contributed by atoms with van der Waals surface area (Å²) in [6, 6.07) is 12.6. The van der Waals surface area contributed by atoms with Gasteiger partial charge in [0.1, 0.15) is 0 Å². The average Bonchev–Trinajstić information content (AvgIpc) is 2.44. The standard InChI is InChI=1S/C15H11BrN2O/c1-10-11(5-4-6-13(10)16)15(19)12(9-17)14-7-2-3-8-18-14/h2-8,12H,1H3. The molecule has 3 nitrogen and oxygen atoms in total. The SMILES string of the molecule is Cc1c(Br)cccc1C(=O)C(C#N)c1ccccn1. The van der Waals surface area contributed by atoms with Crippen molar-refractivity contribution in [2.45, 2.75) is 12.8 Å². The molecule has 0 aliphatic rings. The summed E-state index contributed by atoms with van der Waals surface area (Å²) >= 11 is 3.39. The highest BCUT2D eigenvalue weighted by atomic mass is 79.9. The third kappa shape index (κ3) is 2.72. The van der Waals surface area contributed by atoms with E-state index in [1.807, 2.05) is 19.1 Å². The van der Waals surface area contributed by atoms with Crippen LogP contribution in [0.3, 0.4) is 0 Å². The van der Waals surface area contributed by atoms with E-state index < -0.39 is 5.92 Å². The van der Waals surface area contributed by atoms with Gasteiger partial charge in [0.15, 0.2) is 11.7 Å². The maximum atomic E-state index is 12.5. The number of ketones is 1. The monoisotopic (exact) mass is 314 g/mol. The molecule has 2 rings (SSSR count). The first-order valence-corrected chi connectivity index (χ1v) is 6.54. The molecule has 1 aromatic heterocycles. The largest absolute Gasteiger partial charge is 0.292 e. The van der Waals surface area contributed by atoms with E-state index in [0.717, 1.165) is 10.0 Å². The Balaban J connectivity index is 2.43. The molecule has 0 N–H and O–H groups in total. The molecule has 0 aliphatic heterocycles. The van der Waals surface area contributed by atoms with Crippen molar-refractivity contribution in [2.24, 2.45) is 0 Å². The fourth-order valence-corrected chi connectivity index (χ4v) is 2.20. The molecule has 0 saturated carbocycles. The molecule has 1 atom stereocenters. The molecule has 0 bridgehead atoms. The molecular formula is C15H11BrN2O. The minimum Gasteiger partial charge on any atom is -0.292 e. The van der Waals surface area contributed by atoms with Crippen LogP contribution < -0.4 is 0 Å². The molecule has 0 radical (unpaired) electrons. The van der Waals surface area contributed by atoms with Crippen LogP contribution >= 0.6 is 15.9 Å². The molecule has 1 unspecified atom stereocenters.